The molecular weight excluding hydrogens is 274 g/mol. The molecule has 1 unspecified atom stereocenters. The quantitative estimate of drug-likeness (QED) is 0.783. The number of amides is 1. The number of methoxy groups -OCH3 is 2. The fourth-order valence-corrected chi connectivity index (χ4v) is 1.96. The van der Waals surface area contributed by atoms with Gasteiger partial charge in [0.25, 0.3) is 0 Å². The Kier molecular flexibility index (Phi) is 6.68. The summed E-state index contributed by atoms with van der Waals surface area (Å²) in [6, 6.07) is 7.19. The average Bonchev–Trinajstić information content (AvgIpc) is 2.49. The van der Waals surface area contributed by atoms with E-state index in [0.717, 1.165) is 5.56 Å². The molecule has 1 rings (SSSR count). The van der Waals surface area contributed by atoms with Gasteiger partial charge in [-0.3, -0.25) is 9.59 Å². The molecular formula is C15H21NO5. The van der Waals surface area contributed by atoms with Crippen LogP contribution >= 0.6 is 0 Å². The summed E-state index contributed by atoms with van der Waals surface area (Å²) in [5.41, 5.74) is 0.784. The number of carboxylic acid groups (broad SMARTS) is 1. The van der Waals surface area contributed by atoms with Crippen molar-refractivity contribution >= 4 is 11.9 Å². The molecule has 0 heterocycles. The van der Waals surface area contributed by atoms with Gasteiger partial charge in [-0.25, -0.2) is 0 Å². The highest BCUT2D eigenvalue weighted by Gasteiger charge is 2.23. The molecule has 0 saturated heterocycles. The van der Waals surface area contributed by atoms with Crippen molar-refractivity contribution in [1.29, 1.82) is 0 Å². The Balaban J connectivity index is 2.87. The van der Waals surface area contributed by atoms with E-state index in [1.807, 2.05) is 6.07 Å². The van der Waals surface area contributed by atoms with Gasteiger partial charge in [-0.1, -0.05) is 12.1 Å². The van der Waals surface area contributed by atoms with Crippen molar-refractivity contribution in [1.82, 2.24) is 4.90 Å². The van der Waals surface area contributed by atoms with Gasteiger partial charge >= 0.3 is 5.97 Å². The number of benzene rings is 1. The van der Waals surface area contributed by atoms with Gasteiger partial charge in [0.05, 0.1) is 19.6 Å². The Morgan fingerprint density at radius 3 is 2.62 bits per heavy atom. The zero-order chi connectivity index (χ0) is 15.8. The molecule has 21 heavy (non-hydrogen) atoms. The zero-order valence-electron chi connectivity index (χ0n) is 12.5. The molecule has 1 amide bonds. The molecule has 6 heteroatoms. The molecule has 0 aliphatic rings. The van der Waals surface area contributed by atoms with Gasteiger partial charge < -0.3 is 19.5 Å². The molecule has 0 aliphatic carbocycles. The number of hydrogen-bond acceptors (Lipinski definition) is 4. The summed E-state index contributed by atoms with van der Waals surface area (Å²) in [5, 5.41) is 8.91. The first-order valence-corrected chi connectivity index (χ1v) is 6.63. The second-order valence-electron chi connectivity index (χ2n) is 4.64. The maximum absolute atomic E-state index is 12.5. The molecule has 0 spiro atoms. The van der Waals surface area contributed by atoms with E-state index in [1.54, 1.807) is 32.2 Å². The van der Waals surface area contributed by atoms with Crippen LogP contribution in [0.4, 0.5) is 0 Å². The largest absolute Gasteiger partial charge is 0.497 e. The minimum atomic E-state index is -1.04. The highest BCUT2D eigenvalue weighted by atomic mass is 16.5. The maximum Gasteiger partial charge on any atom is 0.323 e. The summed E-state index contributed by atoms with van der Waals surface area (Å²) in [4.78, 5) is 24.6. The van der Waals surface area contributed by atoms with E-state index in [0.29, 0.717) is 12.4 Å². The van der Waals surface area contributed by atoms with E-state index in [9.17, 15) is 9.59 Å². The predicted molar refractivity (Wildman–Crippen MR) is 77.5 cm³/mol. The summed E-state index contributed by atoms with van der Waals surface area (Å²) >= 11 is 0. The number of ether oxygens (including phenoxy) is 2. The lowest BCUT2D eigenvalue weighted by Crippen LogP contribution is -2.40. The number of carbonyl (C=O) groups excluding carboxylic acids is 1. The van der Waals surface area contributed by atoms with Crippen molar-refractivity contribution in [3.8, 4) is 5.75 Å². The van der Waals surface area contributed by atoms with Crippen LogP contribution in [0.5, 0.6) is 5.75 Å². The molecule has 1 atom stereocenters. The third-order valence-corrected chi connectivity index (χ3v) is 3.17. The molecule has 1 aromatic carbocycles. The first kappa shape index (κ1) is 17.0. The van der Waals surface area contributed by atoms with Gasteiger partial charge in [-0.2, -0.15) is 0 Å². The van der Waals surface area contributed by atoms with Crippen LogP contribution in [0.2, 0.25) is 0 Å². The number of carbonyl (C=O) groups is 2. The number of hydrogen-bond donors (Lipinski definition) is 1. The lowest BCUT2D eigenvalue weighted by atomic mass is 9.99. The fourth-order valence-electron chi connectivity index (χ4n) is 1.96. The number of rotatable bonds is 8. The molecule has 0 saturated carbocycles. The van der Waals surface area contributed by atoms with Crippen LogP contribution in [0, 0.1) is 0 Å². The third kappa shape index (κ3) is 5.07. The monoisotopic (exact) mass is 295 g/mol. The van der Waals surface area contributed by atoms with E-state index in [1.165, 1.54) is 12.0 Å². The van der Waals surface area contributed by atoms with E-state index >= 15 is 0 Å². The molecule has 0 fully saturated rings. The van der Waals surface area contributed by atoms with Crippen molar-refractivity contribution in [2.75, 3.05) is 33.9 Å². The van der Waals surface area contributed by atoms with Crippen LogP contribution in [0.25, 0.3) is 0 Å². The van der Waals surface area contributed by atoms with Crippen molar-refractivity contribution in [3.63, 3.8) is 0 Å². The van der Waals surface area contributed by atoms with Crippen LogP contribution in [0.3, 0.4) is 0 Å². The molecule has 0 aromatic heterocycles. The Bertz CT molecular complexity index is 489. The Morgan fingerprint density at radius 2 is 2.05 bits per heavy atom. The average molecular weight is 295 g/mol. The minimum absolute atomic E-state index is 0.246. The maximum atomic E-state index is 12.5. The zero-order valence-corrected chi connectivity index (χ0v) is 12.5. The van der Waals surface area contributed by atoms with Crippen molar-refractivity contribution in [3.05, 3.63) is 29.8 Å². The Morgan fingerprint density at radius 1 is 1.33 bits per heavy atom. The molecule has 0 bridgehead atoms. The van der Waals surface area contributed by atoms with Crippen LogP contribution in [-0.2, 0) is 14.3 Å². The second-order valence-corrected chi connectivity index (χ2v) is 4.64. The van der Waals surface area contributed by atoms with Crippen LogP contribution < -0.4 is 4.74 Å². The van der Waals surface area contributed by atoms with Crippen molar-refractivity contribution < 1.29 is 24.2 Å². The first-order valence-electron chi connectivity index (χ1n) is 6.63. The van der Waals surface area contributed by atoms with Gasteiger partial charge in [0.1, 0.15) is 12.3 Å². The lowest BCUT2D eigenvalue weighted by Gasteiger charge is -2.24. The number of carboxylic acids is 1. The van der Waals surface area contributed by atoms with Crippen molar-refractivity contribution in [2.45, 2.75) is 12.8 Å². The lowest BCUT2D eigenvalue weighted by molar-refractivity contribution is -0.145. The molecule has 6 nitrogen and oxygen atoms in total. The molecule has 0 aliphatic heterocycles. The summed E-state index contributed by atoms with van der Waals surface area (Å²) in [5.74, 6) is -1.08. The van der Waals surface area contributed by atoms with Gasteiger partial charge in [0.15, 0.2) is 0 Å². The van der Waals surface area contributed by atoms with Gasteiger partial charge in [-0.05, 0) is 24.6 Å². The van der Waals surface area contributed by atoms with Gasteiger partial charge in [0.2, 0.25) is 5.91 Å². The van der Waals surface area contributed by atoms with Crippen LogP contribution in [-0.4, -0.2) is 55.8 Å². The van der Waals surface area contributed by atoms with E-state index in [2.05, 4.69) is 0 Å². The summed E-state index contributed by atoms with van der Waals surface area (Å²) in [7, 11) is 3.07. The predicted octanol–water partition coefficient (Wildman–Crippen LogP) is 1.36. The summed E-state index contributed by atoms with van der Waals surface area (Å²) < 4.78 is 10.1. The SMILES string of the molecule is COCCN(CC(=O)O)C(=O)C(C)c1cccc(OC)c1. The third-order valence-electron chi connectivity index (χ3n) is 3.17. The van der Waals surface area contributed by atoms with Crippen LogP contribution in [0.15, 0.2) is 24.3 Å². The van der Waals surface area contributed by atoms with Gasteiger partial charge in [0, 0.05) is 13.7 Å². The second kappa shape index (κ2) is 8.26. The van der Waals surface area contributed by atoms with E-state index in [4.69, 9.17) is 14.6 Å². The summed E-state index contributed by atoms with van der Waals surface area (Å²) in [6.07, 6.45) is 0. The standard InChI is InChI=1S/C15H21NO5/c1-11(12-5-4-6-13(9-12)21-3)15(19)16(7-8-20-2)10-14(17)18/h4-6,9,11H,7-8,10H2,1-3H3,(H,17,18). The minimum Gasteiger partial charge on any atom is -0.497 e. The Hall–Kier alpha value is -2.08. The molecule has 116 valence electrons. The van der Waals surface area contributed by atoms with Crippen molar-refractivity contribution in [2.24, 2.45) is 0 Å². The number of aliphatic carboxylic acids is 1. The summed E-state index contributed by atoms with van der Waals surface area (Å²) in [6.45, 7) is 1.95. The Labute approximate surface area is 124 Å². The number of nitrogens with zero attached hydrogens (tertiary/aromatic N) is 1. The molecule has 0 radical (unpaired) electrons. The van der Waals surface area contributed by atoms with E-state index in [-0.39, 0.29) is 19.0 Å². The topological polar surface area (TPSA) is 76.1 Å². The first-order chi connectivity index (χ1) is 9.99. The highest BCUT2D eigenvalue weighted by Crippen LogP contribution is 2.22. The van der Waals surface area contributed by atoms with E-state index < -0.39 is 11.9 Å². The molecule has 1 aromatic rings. The fraction of sp³-hybridized carbons (Fsp3) is 0.467. The molecule has 1 N–H and O–H groups in total. The van der Waals surface area contributed by atoms with Gasteiger partial charge in [-0.15, -0.1) is 0 Å². The van der Waals surface area contributed by atoms with Crippen LogP contribution in [0.1, 0.15) is 18.4 Å². The smallest absolute Gasteiger partial charge is 0.323 e. The highest BCUT2D eigenvalue weighted by molar-refractivity contribution is 5.86. The normalized spacial score (nSPS) is 11.8.